The molecule has 0 aromatic heterocycles. The topological polar surface area (TPSA) is 59.6 Å². The standard InChI is InChI=1S/C13H23N3O/c14-13(15-9-4-1-2-5-9)16-11-8-12-10(11)6-3-7-17-12/h9-12H,1-8H2,(H3,14,15,16). The van der Waals surface area contributed by atoms with E-state index in [0.29, 0.717) is 30.1 Å². The van der Waals surface area contributed by atoms with Gasteiger partial charge in [0.25, 0.3) is 0 Å². The van der Waals surface area contributed by atoms with Gasteiger partial charge in [0.15, 0.2) is 5.96 Å². The molecule has 0 amide bonds. The summed E-state index contributed by atoms with van der Waals surface area (Å²) in [6.45, 7) is 0.938. The molecular weight excluding hydrogens is 214 g/mol. The first-order chi connectivity index (χ1) is 8.33. The Hall–Kier alpha value is -0.770. The molecule has 0 aromatic carbocycles. The Bertz CT molecular complexity index is 299. The van der Waals surface area contributed by atoms with E-state index in [1.807, 2.05) is 0 Å². The Balaban J connectivity index is 1.51. The molecule has 96 valence electrons. The van der Waals surface area contributed by atoms with E-state index in [-0.39, 0.29) is 0 Å². The van der Waals surface area contributed by atoms with Crippen LogP contribution < -0.4 is 11.1 Å². The zero-order valence-electron chi connectivity index (χ0n) is 10.4. The van der Waals surface area contributed by atoms with E-state index in [4.69, 9.17) is 10.5 Å². The predicted octanol–water partition coefficient (Wildman–Crippen LogP) is 1.40. The van der Waals surface area contributed by atoms with Crippen LogP contribution in [0.3, 0.4) is 0 Å². The van der Waals surface area contributed by atoms with Crippen molar-refractivity contribution in [1.82, 2.24) is 5.32 Å². The van der Waals surface area contributed by atoms with Gasteiger partial charge in [0.2, 0.25) is 0 Å². The first kappa shape index (κ1) is 11.3. The van der Waals surface area contributed by atoms with E-state index in [1.54, 1.807) is 0 Å². The second-order valence-corrected chi connectivity index (χ2v) is 5.66. The minimum Gasteiger partial charge on any atom is -0.378 e. The molecule has 3 aliphatic rings. The minimum atomic E-state index is 0.411. The maximum Gasteiger partial charge on any atom is 0.189 e. The fourth-order valence-electron chi connectivity index (χ4n) is 3.41. The van der Waals surface area contributed by atoms with Crippen LogP contribution in [0.2, 0.25) is 0 Å². The van der Waals surface area contributed by atoms with Crippen LogP contribution >= 0.6 is 0 Å². The van der Waals surface area contributed by atoms with Crippen LogP contribution in [0.5, 0.6) is 0 Å². The molecule has 0 spiro atoms. The molecule has 3 unspecified atom stereocenters. The van der Waals surface area contributed by atoms with Crippen molar-refractivity contribution in [2.45, 2.75) is 63.1 Å². The van der Waals surface area contributed by atoms with E-state index in [0.717, 1.165) is 13.0 Å². The quantitative estimate of drug-likeness (QED) is 0.564. The summed E-state index contributed by atoms with van der Waals surface area (Å²) in [5.41, 5.74) is 5.98. The molecule has 4 heteroatoms. The zero-order valence-corrected chi connectivity index (χ0v) is 10.4. The van der Waals surface area contributed by atoms with Crippen molar-refractivity contribution in [1.29, 1.82) is 0 Å². The number of hydrogen-bond donors (Lipinski definition) is 2. The lowest BCUT2D eigenvalue weighted by Gasteiger charge is -2.45. The van der Waals surface area contributed by atoms with Crippen LogP contribution in [-0.4, -0.2) is 30.8 Å². The van der Waals surface area contributed by atoms with Gasteiger partial charge in [-0.2, -0.15) is 0 Å². The predicted molar refractivity (Wildman–Crippen MR) is 67.9 cm³/mol. The van der Waals surface area contributed by atoms with Crippen LogP contribution in [0.4, 0.5) is 0 Å². The Morgan fingerprint density at radius 2 is 2.00 bits per heavy atom. The molecular formula is C13H23N3O. The van der Waals surface area contributed by atoms with Crippen molar-refractivity contribution in [2.24, 2.45) is 16.6 Å². The second-order valence-electron chi connectivity index (χ2n) is 5.66. The summed E-state index contributed by atoms with van der Waals surface area (Å²) in [5, 5.41) is 3.36. The molecule has 1 saturated heterocycles. The highest BCUT2D eigenvalue weighted by Gasteiger charge is 2.43. The number of nitrogens with one attached hydrogen (secondary N) is 1. The number of nitrogens with two attached hydrogens (primary N) is 1. The Morgan fingerprint density at radius 1 is 1.18 bits per heavy atom. The van der Waals surface area contributed by atoms with Crippen LogP contribution in [0.25, 0.3) is 0 Å². The second kappa shape index (κ2) is 4.84. The third-order valence-electron chi connectivity index (χ3n) is 4.47. The molecule has 0 aromatic rings. The van der Waals surface area contributed by atoms with Crippen molar-refractivity contribution in [2.75, 3.05) is 6.61 Å². The molecule has 0 bridgehead atoms. The zero-order chi connectivity index (χ0) is 11.7. The number of ether oxygens (including phenoxy) is 1. The molecule has 2 saturated carbocycles. The van der Waals surface area contributed by atoms with Gasteiger partial charge in [-0.05, 0) is 32.1 Å². The molecule has 2 aliphatic carbocycles. The van der Waals surface area contributed by atoms with E-state index in [1.165, 1.54) is 38.5 Å². The molecule has 3 atom stereocenters. The lowest BCUT2D eigenvalue weighted by molar-refractivity contribution is -0.0938. The number of nitrogens with zero attached hydrogens (tertiary/aromatic N) is 1. The van der Waals surface area contributed by atoms with Gasteiger partial charge in [0.05, 0.1) is 12.1 Å². The van der Waals surface area contributed by atoms with Crippen molar-refractivity contribution in [3.8, 4) is 0 Å². The minimum absolute atomic E-state index is 0.411. The highest BCUT2D eigenvalue weighted by atomic mass is 16.5. The summed E-state index contributed by atoms with van der Waals surface area (Å²) in [4.78, 5) is 4.63. The maximum atomic E-state index is 5.98. The Labute approximate surface area is 103 Å². The summed E-state index contributed by atoms with van der Waals surface area (Å²) in [5.74, 6) is 1.29. The molecule has 3 N–H and O–H groups in total. The molecule has 0 radical (unpaired) electrons. The van der Waals surface area contributed by atoms with Gasteiger partial charge in [0, 0.05) is 18.6 Å². The smallest absolute Gasteiger partial charge is 0.189 e. The first-order valence-electron chi connectivity index (χ1n) is 7.04. The van der Waals surface area contributed by atoms with Crippen molar-refractivity contribution in [3.05, 3.63) is 0 Å². The fourth-order valence-corrected chi connectivity index (χ4v) is 3.41. The van der Waals surface area contributed by atoms with Crippen LogP contribution in [0.15, 0.2) is 4.99 Å². The van der Waals surface area contributed by atoms with Crippen molar-refractivity contribution in [3.63, 3.8) is 0 Å². The van der Waals surface area contributed by atoms with Gasteiger partial charge in [-0.15, -0.1) is 0 Å². The van der Waals surface area contributed by atoms with Crippen molar-refractivity contribution >= 4 is 5.96 Å². The Morgan fingerprint density at radius 3 is 2.76 bits per heavy atom. The average Bonchev–Trinajstić information content (AvgIpc) is 2.79. The number of rotatable bonds is 2. The van der Waals surface area contributed by atoms with Crippen LogP contribution in [0, 0.1) is 5.92 Å². The number of hydrogen-bond acceptors (Lipinski definition) is 2. The highest BCUT2D eigenvalue weighted by molar-refractivity contribution is 5.78. The third kappa shape index (κ3) is 2.41. The van der Waals surface area contributed by atoms with E-state index >= 15 is 0 Å². The summed E-state index contributed by atoms with van der Waals surface area (Å²) < 4.78 is 5.69. The molecule has 3 rings (SSSR count). The van der Waals surface area contributed by atoms with Gasteiger partial charge < -0.3 is 15.8 Å². The highest BCUT2D eigenvalue weighted by Crippen LogP contribution is 2.39. The summed E-state index contributed by atoms with van der Waals surface area (Å²) in [7, 11) is 0. The number of fused-ring (bicyclic) bond motifs is 1. The monoisotopic (exact) mass is 237 g/mol. The number of guanidine groups is 1. The average molecular weight is 237 g/mol. The molecule has 17 heavy (non-hydrogen) atoms. The van der Waals surface area contributed by atoms with E-state index < -0.39 is 0 Å². The molecule has 4 nitrogen and oxygen atoms in total. The molecule has 1 heterocycles. The van der Waals surface area contributed by atoms with E-state index in [2.05, 4.69) is 10.3 Å². The van der Waals surface area contributed by atoms with Gasteiger partial charge in [-0.25, -0.2) is 4.99 Å². The van der Waals surface area contributed by atoms with Gasteiger partial charge >= 0.3 is 0 Å². The lowest BCUT2D eigenvalue weighted by Crippen LogP contribution is -2.50. The Kier molecular flexibility index (Phi) is 3.23. The van der Waals surface area contributed by atoms with Gasteiger partial charge in [0.1, 0.15) is 0 Å². The van der Waals surface area contributed by atoms with Crippen LogP contribution in [0.1, 0.15) is 44.9 Å². The van der Waals surface area contributed by atoms with E-state index in [9.17, 15) is 0 Å². The number of aliphatic imine (C=N–C) groups is 1. The SMILES string of the molecule is NC(=NC1CC2OCCCC12)NC1CCCC1. The maximum absolute atomic E-state index is 5.98. The summed E-state index contributed by atoms with van der Waals surface area (Å²) in [6.07, 6.45) is 9.12. The summed E-state index contributed by atoms with van der Waals surface area (Å²) in [6, 6.07) is 0.978. The third-order valence-corrected chi connectivity index (χ3v) is 4.47. The van der Waals surface area contributed by atoms with Gasteiger partial charge in [-0.1, -0.05) is 12.8 Å². The first-order valence-corrected chi connectivity index (χ1v) is 7.04. The van der Waals surface area contributed by atoms with Crippen molar-refractivity contribution < 1.29 is 4.74 Å². The summed E-state index contributed by atoms with van der Waals surface area (Å²) >= 11 is 0. The molecule has 1 aliphatic heterocycles. The fraction of sp³-hybridized carbons (Fsp3) is 0.923. The molecule has 3 fully saturated rings. The lowest BCUT2D eigenvalue weighted by atomic mass is 9.73. The van der Waals surface area contributed by atoms with Gasteiger partial charge in [-0.3, -0.25) is 0 Å². The normalized spacial score (nSPS) is 38.6. The van der Waals surface area contributed by atoms with Crippen LogP contribution in [-0.2, 0) is 4.74 Å². The largest absolute Gasteiger partial charge is 0.378 e.